The number of hydrogen-bond acceptors (Lipinski definition) is 1. The maximum Gasteiger partial charge on any atom is 0.222 e. The second-order valence-electron chi connectivity index (χ2n) is 11.2. The van der Waals surface area contributed by atoms with Gasteiger partial charge in [0.15, 0.2) is 0 Å². The Labute approximate surface area is 209 Å². The Balaban J connectivity index is 1.66. The number of amides is 1. The van der Waals surface area contributed by atoms with Crippen molar-refractivity contribution in [2.45, 2.75) is 174 Å². The van der Waals surface area contributed by atoms with Crippen LogP contribution >= 0.6 is 0 Å². The molecule has 0 aromatic heterocycles. The van der Waals surface area contributed by atoms with Gasteiger partial charge in [0.05, 0.1) is 0 Å². The number of carbonyl (C=O) groups excluding carboxylic acids is 1. The summed E-state index contributed by atoms with van der Waals surface area (Å²) in [7, 11) is 0. The number of nitrogens with zero attached hydrogens (tertiary/aromatic N) is 1. The van der Waals surface area contributed by atoms with Crippen molar-refractivity contribution in [2.75, 3.05) is 13.1 Å². The first kappa shape index (κ1) is 30.5. The quantitative estimate of drug-likeness (QED) is 0.130. The normalized spacial score (nSPS) is 14.8. The van der Waals surface area contributed by atoms with Gasteiger partial charge in [0.1, 0.15) is 0 Å². The maximum absolute atomic E-state index is 12.0. The number of hydrogen-bond donors (Lipinski definition) is 0. The molecule has 196 valence electrons. The smallest absolute Gasteiger partial charge is 0.222 e. The van der Waals surface area contributed by atoms with Crippen LogP contribution in [0.25, 0.3) is 0 Å². The minimum absolute atomic E-state index is 0.408. The lowest BCUT2D eigenvalue weighted by Gasteiger charge is -2.14. The van der Waals surface area contributed by atoms with E-state index in [0.717, 1.165) is 31.8 Å². The molecule has 0 saturated carbocycles. The van der Waals surface area contributed by atoms with Gasteiger partial charge < -0.3 is 4.90 Å². The van der Waals surface area contributed by atoms with Crippen LogP contribution in [0.3, 0.4) is 0 Å². The Morgan fingerprint density at radius 2 is 0.909 bits per heavy atom. The van der Waals surface area contributed by atoms with Crippen molar-refractivity contribution < 1.29 is 4.79 Å². The predicted octanol–water partition coefficient (Wildman–Crippen LogP) is 10.2. The lowest BCUT2D eigenvalue weighted by atomic mass is 9.99. The van der Waals surface area contributed by atoms with E-state index in [0.29, 0.717) is 5.91 Å². The number of likely N-dealkylation sites (tertiary alicyclic amines) is 1. The molecule has 1 atom stereocenters. The highest BCUT2D eigenvalue weighted by Crippen LogP contribution is 2.17. The number of rotatable bonds is 24. The van der Waals surface area contributed by atoms with Crippen LogP contribution in [0.4, 0.5) is 0 Å². The van der Waals surface area contributed by atoms with Gasteiger partial charge >= 0.3 is 0 Å². The molecule has 0 N–H and O–H groups in total. The fourth-order valence-corrected chi connectivity index (χ4v) is 5.28. The van der Waals surface area contributed by atoms with Gasteiger partial charge in [-0.3, -0.25) is 4.79 Å². The van der Waals surface area contributed by atoms with Gasteiger partial charge in [-0.2, -0.15) is 0 Å². The zero-order valence-corrected chi connectivity index (χ0v) is 23.0. The highest BCUT2D eigenvalue weighted by molar-refractivity contribution is 5.76. The monoisotopic (exact) mass is 463 g/mol. The molecule has 0 spiro atoms. The molecule has 0 radical (unpaired) electrons. The van der Waals surface area contributed by atoms with Crippen LogP contribution in [-0.2, 0) is 4.79 Å². The van der Waals surface area contributed by atoms with E-state index >= 15 is 0 Å². The minimum Gasteiger partial charge on any atom is -0.343 e. The Hall–Kier alpha value is -0.530. The van der Waals surface area contributed by atoms with Crippen molar-refractivity contribution in [1.29, 1.82) is 0 Å². The van der Waals surface area contributed by atoms with Crippen molar-refractivity contribution >= 4 is 5.91 Å². The highest BCUT2D eigenvalue weighted by Gasteiger charge is 2.16. The van der Waals surface area contributed by atoms with E-state index < -0.39 is 0 Å². The topological polar surface area (TPSA) is 20.3 Å². The Bertz CT molecular complexity index is 415. The molecular formula is C31H61NO. The average molecular weight is 464 g/mol. The van der Waals surface area contributed by atoms with Crippen molar-refractivity contribution in [3.05, 3.63) is 0 Å². The molecule has 1 aliphatic heterocycles. The van der Waals surface area contributed by atoms with E-state index in [1.54, 1.807) is 0 Å². The van der Waals surface area contributed by atoms with E-state index in [-0.39, 0.29) is 0 Å². The molecule has 1 unspecified atom stereocenters. The summed E-state index contributed by atoms with van der Waals surface area (Å²) in [4.78, 5) is 14.1. The lowest BCUT2D eigenvalue weighted by Crippen LogP contribution is -2.27. The summed E-state index contributed by atoms with van der Waals surface area (Å²) in [6.07, 6.45) is 34.4. The van der Waals surface area contributed by atoms with Crippen LogP contribution in [0.5, 0.6) is 0 Å². The van der Waals surface area contributed by atoms with Crippen LogP contribution in [-0.4, -0.2) is 23.9 Å². The summed E-state index contributed by atoms with van der Waals surface area (Å²) in [6.45, 7) is 6.74. The molecule has 2 heteroatoms. The van der Waals surface area contributed by atoms with Crippen LogP contribution in [0.1, 0.15) is 174 Å². The molecule has 33 heavy (non-hydrogen) atoms. The Morgan fingerprint density at radius 3 is 1.27 bits per heavy atom. The molecule has 1 amide bonds. The van der Waals surface area contributed by atoms with Gasteiger partial charge in [0.25, 0.3) is 0 Å². The van der Waals surface area contributed by atoms with Gasteiger partial charge in [0.2, 0.25) is 5.91 Å². The predicted molar refractivity (Wildman–Crippen MR) is 147 cm³/mol. The van der Waals surface area contributed by atoms with Crippen LogP contribution < -0.4 is 0 Å². The molecule has 1 aliphatic rings. The molecule has 0 aromatic carbocycles. The first-order chi connectivity index (χ1) is 16.2. The molecule has 0 aromatic rings. The molecule has 1 heterocycles. The second kappa shape index (κ2) is 23.2. The summed E-state index contributed by atoms with van der Waals surface area (Å²) in [5, 5.41) is 0. The zero-order valence-electron chi connectivity index (χ0n) is 23.0. The van der Waals surface area contributed by atoms with Crippen molar-refractivity contribution in [1.82, 2.24) is 4.90 Å². The number of unbranched alkanes of at least 4 members (excludes halogenated alkanes) is 19. The fraction of sp³-hybridized carbons (Fsp3) is 0.968. The standard InChI is InChI=1S/C31H61NO/c1-3-30(2)26-22-20-18-16-14-12-10-8-6-4-5-7-9-11-13-15-17-19-21-23-27-31(33)32-28-24-25-29-32/h30H,3-29H2,1-2H3. The summed E-state index contributed by atoms with van der Waals surface area (Å²) in [5.41, 5.74) is 0. The minimum atomic E-state index is 0.408. The van der Waals surface area contributed by atoms with E-state index in [4.69, 9.17) is 0 Å². The van der Waals surface area contributed by atoms with E-state index in [9.17, 15) is 4.79 Å². The largest absolute Gasteiger partial charge is 0.343 e. The van der Waals surface area contributed by atoms with Crippen LogP contribution in [0.15, 0.2) is 0 Å². The molecule has 1 fully saturated rings. The summed E-state index contributed by atoms with van der Waals surface area (Å²) in [5.74, 6) is 1.35. The lowest BCUT2D eigenvalue weighted by molar-refractivity contribution is -0.130. The Morgan fingerprint density at radius 1 is 0.576 bits per heavy atom. The summed E-state index contributed by atoms with van der Waals surface area (Å²) < 4.78 is 0. The van der Waals surface area contributed by atoms with E-state index in [1.165, 1.54) is 148 Å². The third kappa shape index (κ3) is 19.5. The first-order valence-corrected chi connectivity index (χ1v) is 15.5. The third-order valence-electron chi connectivity index (χ3n) is 7.99. The molecule has 1 saturated heterocycles. The average Bonchev–Trinajstić information content (AvgIpc) is 3.37. The third-order valence-corrected chi connectivity index (χ3v) is 7.99. The zero-order chi connectivity index (χ0) is 23.8. The number of carbonyl (C=O) groups is 1. The molecule has 0 aliphatic carbocycles. The van der Waals surface area contributed by atoms with Gasteiger partial charge in [-0.25, -0.2) is 0 Å². The Kier molecular flexibility index (Phi) is 21.5. The summed E-state index contributed by atoms with van der Waals surface area (Å²) in [6, 6.07) is 0. The van der Waals surface area contributed by atoms with Crippen molar-refractivity contribution in [2.24, 2.45) is 5.92 Å². The van der Waals surface area contributed by atoms with Gasteiger partial charge in [-0.15, -0.1) is 0 Å². The summed E-state index contributed by atoms with van der Waals surface area (Å²) >= 11 is 0. The first-order valence-electron chi connectivity index (χ1n) is 15.5. The second-order valence-corrected chi connectivity index (χ2v) is 11.2. The van der Waals surface area contributed by atoms with Gasteiger partial charge in [-0.05, 0) is 25.2 Å². The molecular weight excluding hydrogens is 402 g/mol. The highest BCUT2D eigenvalue weighted by atomic mass is 16.2. The van der Waals surface area contributed by atoms with Crippen molar-refractivity contribution in [3.8, 4) is 0 Å². The molecule has 0 bridgehead atoms. The SMILES string of the molecule is CCC(C)CCCCCCCCCCCCCCCCCCCCCCC(=O)N1CCCC1. The molecule has 1 rings (SSSR count). The van der Waals surface area contributed by atoms with Gasteiger partial charge in [-0.1, -0.05) is 149 Å². The fourth-order valence-electron chi connectivity index (χ4n) is 5.28. The van der Waals surface area contributed by atoms with Crippen LogP contribution in [0.2, 0.25) is 0 Å². The van der Waals surface area contributed by atoms with Crippen LogP contribution in [0, 0.1) is 5.92 Å². The maximum atomic E-state index is 12.0. The van der Waals surface area contributed by atoms with E-state index in [2.05, 4.69) is 18.7 Å². The molecule has 2 nitrogen and oxygen atoms in total. The van der Waals surface area contributed by atoms with Crippen molar-refractivity contribution in [3.63, 3.8) is 0 Å². The van der Waals surface area contributed by atoms with Gasteiger partial charge in [0, 0.05) is 19.5 Å². The van der Waals surface area contributed by atoms with E-state index in [1.807, 2.05) is 0 Å².